The van der Waals surface area contributed by atoms with E-state index in [4.69, 9.17) is 34.8 Å². The van der Waals surface area contributed by atoms with Crippen LogP contribution < -0.4 is 9.62 Å². The van der Waals surface area contributed by atoms with E-state index in [0.717, 1.165) is 15.4 Å². The minimum Gasteiger partial charge on any atom is -0.350 e. The summed E-state index contributed by atoms with van der Waals surface area (Å²) >= 11 is 18.6. The van der Waals surface area contributed by atoms with Gasteiger partial charge in [0.05, 0.1) is 20.6 Å². The third kappa shape index (κ3) is 9.26. The normalized spacial score (nSPS) is 12.3. The third-order valence-corrected chi connectivity index (χ3v) is 9.86. The minimum absolute atomic E-state index is 0.0337. The molecule has 0 aliphatic rings. The molecule has 4 aromatic carbocycles. The van der Waals surface area contributed by atoms with E-state index in [-0.39, 0.29) is 28.8 Å². The van der Waals surface area contributed by atoms with Gasteiger partial charge in [-0.1, -0.05) is 83.3 Å². The molecule has 0 aliphatic heterocycles. The molecule has 1 atom stereocenters. The molecule has 11 heteroatoms. The van der Waals surface area contributed by atoms with E-state index in [2.05, 4.69) is 5.32 Å². The van der Waals surface area contributed by atoms with E-state index in [1.165, 1.54) is 29.2 Å². The fourth-order valence-electron chi connectivity index (χ4n) is 4.89. The van der Waals surface area contributed by atoms with Crippen LogP contribution in [-0.4, -0.2) is 43.3 Å². The molecule has 0 fully saturated rings. The Morgan fingerprint density at radius 2 is 1.48 bits per heavy atom. The highest BCUT2D eigenvalue weighted by Gasteiger charge is 2.35. The van der Waals surface area contributed by atoms with Crippen LogP contribution in [0.5, 0.6) is 0 Å². The van der Waals surface area contributed by atoms with Crippen LogP contribution in [0.15, 0.2) is 102 Å². The predicted molar refractivity (Wildman–Crippen MR) is 186 cm³/mol. The molecule has 242 valence electrons. The van der Waals surface area contributed by atoms with Crippen molar-refractivity contribution in [3.05, 3.63) is 129 Å². The molecule has 46 heavy (non-hydrogen) atoms. The summed E-state index contributed by atoms with van der Waals surface area (Å²) in [4.78, 5) is 29.9. The molecule has 2 amide bonds. The van der Waals surface area contributed by atoms with Crippen molar-refractivity contribution in [2.75, 3.05) is 10.8 Å². The van der Waals surface area contributed by atoms with Crippen molar-refractivity contribution in [2.45, 2.75) is 57.1 Å². The van der Waals surface area contributed by atoms with Gasteiger partial charge in [0.25, 0.3) is 10.0 Å². The van der Waals surface area contributed by atoms with Crippen LogP contribution >= 0.6 is 34.8 Å². The van der Waals surface area contributed by atoms with Gasteiger partial charge in [-0.15, -0.1) is 0 Å². The van der Waals surface area contributed by atoms with Gasteiger partial charge >= 0.3 is 0 Å². The zero-order chi connectivity index (χ0) is 33.6. The van der Waals surface area contributed by atoms with Crippen molar-refractivity contribution in [2.24, 2.45) is 0 Å². The molecular formula is C35H36Cl3N3O4S. The molecular weight excluding hydrogens is 665 g/mol. The topological polar surface area (TPSA) is 86.8 Å². The van der Waals surface area contributed by atoms with Gasteiger partial charge < -0.3 is 10.2 Å². The molecule has 0 aliphatic carbocycles. The van der Waals surface area contributed by atoms with E-state index >= 15 is 0 Å². The molecule has 0 saturated carbocycles. The van der Waals surface area contributed by atoms with Crippen LogP contribution in [0, 0.1) is 6.92 Å². The smallest absolute Gasteiger partial charge is 0.264 e. The van der Waals surface area contributed by atoms with Gasteiger partial charge in [-0.2, -0.15) is 0 Å². The Hall–Kier alpha value is -3.56. The molecule has 0 aromatic heterocycles. The maximum atomic E-state index is 14.6. The number of benzene rings is 4. The van der Waals surface area contributed by atoms with Crippen LogP contribution in [0.2, 0.25) is 15.1 Å². The number of amides is 2. The number of hydrogen-bond donors (Lipinski definition) is 1. The molecule has 4 aromatic rings. The molecule has 0 bridgehead atoms. The number of carbonyl (C=O) groups is 2. The first-order chi connectivity index (χ1) is 21.6. The van der Waals surface area contributed by atoms with Crippen molar-refractivity contribution >= 4 is 62.3 Å². The summed E-state index contributed by atoms with van der Waals surface area (Å²) < 4.78 is 29.3. The van der Waals surface area contributed by atoms with Crippen molar-refractivity contribution in [3.8, 4) is 0 Å². The molecule has 0 radical (unpaired) electrons. The molecule has 1 N–H and O–H groups in total. The molecule has 0 spiro atoms. The summed E-state index contributed by atoms with van der Waals surface area (Å²) in [5.41, 5.74) is 1.95. The zero-order valence-corrected chi connectivity index (χ0v) is 29.1. The lowest BCUT2D eigenvalue weighted by Crippen LogP contribution is -2.56. The number of sulfonamides is 1. The standard InChI is InChI=1S/C35H36Cl3N3O4S/c1-24-9-8-12-28(19-24)41(46(44,45)29-16-14-27(36)15-17-29)23-33(42)40(22-26-13-18-30(37)31(38)20-26)32(34(43)39-35(2,3)4)21-25-10-6-5-7-11-25/h5-20,32H,21-23H2,1-4H3,(H,39,43)/t32-/m1/s1. The number of aryl methyl sites for hydroxylation is 1. The van der Waals surface area contributed by atoms with Gasteiger partial charge in [0.2, 0.25) is 11.8 Å². The predicted octanol–water partition coefficient (Wildman–Crippen LogP) is 7.71. The van der Waals surface area contributed by atoms with E-state index in [9.17, 15) is 18.0 Å². The third-order valence-electron chi connectivity index (χ3n) is 7.08. The second kappa shape index (κ2) is 14.9. The fourth-order valence-corrected chi connectivity index (χ4v) is 6.74. The number of carbonyl (C=O) groups excluding carboxylic acids is 2. The van der Waals surface area contributed by atoms with Crippen molar-refractivity contribution in [3.63, 3.8) is 0 Å². The van der Waals surface area contributed by atoms with Gasteiger partial charge in [0.1, 0.15) is 12.6 Å². The summed E-state index contributed by atoms with van der Waals surface area (Å²) in [5, 5.41) is 4.02. The molecule has 7 nitrogen and oxygen atoms in total. The van der Waals surface area contributed by atoms with Gasteiger partial charge in [-0.25, -0.2) is 8.42 Å². The van der Waals surface area contributed by atoms with Crippen LogP contribution in [-0.2, 0) is 32.6 Å². The van der Waals surface area contributed by atoms with Gasteiger partial charge in [0.15, 0.2) is 0 Å². The Morgan fingerprint density at radius 3 is 2.09 bits per heavy atom. The van der Waals surface area contributed by atoms with Crippen LogP contribution in [0.4, 0.5) is 5.69 Å². The Bertz CT molecular complexity index is 1790. The maximum Gasteiger partial charge on any atom is 0.264 e. The lowest BCUT2D eigenvalue weighted by atomic mass is 10.0. The van der Waals surface area contributed by atoms with Crippen molar-refractivity contribution in [1.29, 1.82) is 0 Å². The largest absolute Gasteiger partial charge is 0.350 e. The monoisotopic (exact) mass is 699 g/mol. The Kier molecular flexibility index (Phi) is 11.4. The number of anilines is 1. The van der Waals surface area contributed by atoms with Crippen LogP contribution in [0.1, 0.15) is 37.5 Å². The fraction of sp³-hybridized carbons (Fsp3) is 0.257. The lowest BCUT2D eigenvalue weighted by Gasteiger charge is -2.35. The quantitative estimate of drug-likeness (QED) is 0.174. The molecule has 4 rings (SSSR count). The maximum absolute atomic E-state index is 14.6. The molecule has 0 unspecified atom stereocenters. The molecule has 0 saturated heterocycles. The molecule has 0 heterocycles. The van der Waals surface area contributed by atoms with E-state index in [0.29, 0.717) is 21.3 Å². The first-order valence-corrected chi connectivity index (χ1v) is 17.2. The Labute approximate surface area is 286 Å². The van der Waals surface area contributed by atoms with Gasteiger partial charge in [-0.3, -0.25) is 13.9 Å². The van der Waals surface area contributed by atoms with Crippen molar-refractivity contribution < 1.29 is 18.0 Å². The van der Waals surface area contributed by atoms with Crippen LogP contribution in [0.25, 0.3) is 0 Å². The van der Waals surface area contributed by atoms with Gasteiger partial charge in [0, 0.05) is 23.5 Å². The summed E-state index contributed by atoms with van der Waals surface area (Å²) in [6.45, 7) is 6.79. The average molecular weight is 701 g/mol. The summed E-state index contributed by atoms with van der Waals surface area (Å²) in [6, 6.07) is 25.9. The first kappa shape index (κ1) is 35.3. The zero-order valence-electron chi connectivity index (χ0n) is 26.0. The average Bonchev–Trinajstić information content (AvgIpc) is 2.99. The summed E-state index contributed by atoms with van der Waals surface area (Å²) in [7, 11) is -4.25. The Balaban J connectivity index is 1.83. The second-order valence-corrected chi connectivity index (χ2v) is 15.1. The van der Waals surface area contributed by atoms with E-state index in [1.54, 1.807) is 36.4 Å². The number of halogens is 3. The number of rotatable bonds is 11. The van der Waals surface area contributed by atoms with E-state index < -0.39 is 34.1 Å². The highest BCUT2D eigenvalue weighted by Crippen LogP contribution is 2.28. The highest BCUT2D eigenvalue weighted by atomic mass is 35.5. The highest BCUT2D eigenvalue weighted by molar-refractivity contribution is 7.92. The lowest BCUT2D eigenvalue weighted by molar-refractivity contribution is -0.140. The number of nitrogens with zero attached hydrogens (tertiary/aromatic N) is 2. The van der Waals surface area contributed by atoms with Crippen LogP contribution in [0.3, 0.4) is 0 Å². The first-order valence-electron chi connectivity index (χ1n) is 14.6. The minimum atomic E-state index is -4.25. The Morgan fingerprint density at radius 1 is 0.804 bits per heavy atom. The SMILES string of the molecule is Cc1cccc(N(CC(=O)N(Cc2ccc(Cl)c(Cl)c2)[C@H](Cc2ccccc2)C(=O)NC(C)(C)C)S(=O)(=O)c2ccc(Cl)cc2)c1. The summed E-state index contributed by atoms with van der Waals surface area (Å²) in [5.74, 6) is -0.970. The second-order valence-electron chi connectivity index (χ2n) is 12.0. The van der Waals surface area contributed by atoms with Gasteiger partial charge in [-0.05, 0) is 92.9 Å². The number of nitrogens with one attached hydrogen (secondary N) is 1. The van der Waals surface area contributed by atoms with Crippen molar-refractivity contribution in [1.82, 2.24) is 10.2 Å². The number of hydrogen-bond acceptors (Lipinski definition) is 4. The van der Waals surface area contributed by atoms with E-state index in [1.807, 2.05) is 64.1 Å². The summed E-state index contributed by atoms with van der Waals surface area (Å²) in [6.07, 6.45) is 0.185.